The Bertz CT molecular complexity index is 3470. The largest absolute Gasteiger partial charge is 0.309 e. The second kappa shape index (κ2) is 12.6. The topological polar surface area (TPSA) is 48.5 Å². The van der Waals surface area contributed by atoms with E-state index in [2.05, 4.69) is 161 Å². The molecule has 12 aromatic rings. The Hall–Kier alpha value is -7.41. The molecule has 0 aliphatic rings. The van der Waals surface area contributed by atoms with Crippen LogP contribution in [0.25, 0.3) is 109 Å². The van der Waals surface area contributed by atoms with Crippen molar-refractivity contribution in [3.63, 3.8) is 0 Å². The van der Waals surface area contributed by atoms with E-state index in [0.29, 0.717) is 17.6 Å². The monoisotopic (exact) mass is 745 g/mol. The van der Waals surface area contributed by atoms with E-state index in [1.54, 1.807) is 0 Å². The molecule has 0 radical (unpaired) electrons. The number of benzene rings is 8. The number of para-hydroxylation sites is 2. The number of aromatic nitrogens is 5. The average Bonchev–Trinajstić information content (AvgIpc) is 3.93. The Morgan fingerprint density at radius 2 is 0.860 bits per heavy atom. The summed E-state index contributed by atoms with van der Waals surface area (Å²) >= 11 is 1.85. The Kier molecular flexibility index (Phi) is 7.03. The van der Waals surface area contributed by atoms with E-state index in [9.17, 15) is 0 Å². The molecule has 0 spiro atoms. The van der Waals surface area contributed by atoms with Crippen LogP contribution in [0.5, 0.6) is 0 Å². The van der Waals surface area contributed by atoms with Crippen molar-refractivity contribution in [1.82, 2.24) is 24.1 Å². The average molecular weight is 746 g/mol. The summed E-state index contributed by atoms with van der Waals surface area (Å²) in [6.45, 7) is 0. The molecule has 5 nitrogen and oxygen atoms in total. The maximum Gasteiger partial charge on any atom is 0.238 e. The lowest BCUT2D eigenvalue weighted by atomic mass is 10.0. The summed E-state index contributed by atoms with van der Waals surface area (Å²) in [7, 11) is 0. The number of hydrogen-bond donors (Lipinski definition) is 0. The van der Waals surface area contributed by atoms with Crippen LogP contribution in [0.15, 0.2) is 188 Å². The molecule has 266 valence electrons. The molecule has 0 aliphatic heterocycles. The maximum atomic E-state index is 5.19. The molecule has 0 bridgehead atoms. The lowest BCUT2D eigenvalue weighted by Crippen LogP contribution is -2.06. The molecule has 0 aliphatic carbocycles. The quantitative estimate of drug-likeness (QED) is 0.176. The molecule has 8 aromatic carbocycles. The van der Waals surface area contributed by atoms with Gasteiger partial charge in [0.05, 0.1) is 22.1 Å². The number of fused-ring (bicyclic) bond motifs is 9. The van der Waals surface area contributed by atoms with Crippen LogP contribution in [0.4, 0.5) is 0 Å². The molecule has 0 atom stereocenters. The zero-order valence-corrected chi connectivity index (χ0v) is 31.4. The van der Waals surface area contributed by atoms with Crippen molar-refractivity contribution in [1.29, 1.82) is 0 Å². The summed E-state index contributed by atoms with van der Waals surface area (Å²) < 4.78 is 7.25. The Balaban J connectivity index is 1.11. The molecule has 4 aromatic heterocycles. The van der Waals surface area contributed by atoms with Gasteiger partial charge in [-0.15, -0.1) is 11.3 Å². The van der Waals surface area contributed by atoms with E-state index >= 15 is 0 Å². The second-order valence-corrected chi connectivity index (χ2v) is 15.5. The summed E-state index contributed by atoms with van der Waals surface area (Å²) in [4.78, 5) is 15.4. The van der Waals surface area contributed by atoms with E-state index in [4.69, 9.17) is 15.0 Å². The van der Waals surface area contributed by atoms with Gasteiger partial charge in [-0.05, 0) is 65.7 Å². The predicted molar refractivity (Wildman–Crippen MR) is 238 cm³/mol. The van der Waals surface area contributed by atoms with Gasteiger partial charge in [0.15, 0.2) is 11.6 Å². The molecule has 0 amide bonds. The number of nitrogens with zero attached hydrogens (tertiary/aromatic N) is 5. The van der Waals surface area contributed by atoms with Crippen LogP contribution < -0.4 is 0 Å². The number of thiophene rings is 1. The summed E-state index contributed by atoms with van der Waals surface area (Å²) in [5.41, 5.74) is 9.71. The molecule has 57 heavy (non-hydrogen) atoms. The normalized spacial score (nSPS) is 11.9. The third kappa shape index (κ3) is 5.04. The highest BCUT2D eigenvalue weighted by Crippen LogP contribution is 2.41. The fraction of sp³-hybridized carbons (Fsp3) is 0. The van der Waals surface area contributed by atoms with E-state index in [0.717, 1.165) is 49.7 Å². The summed E-state index contributed by atoms with van der Waals surface area (Å²) in [5, 5.41) is 7.31. The lowest BCUT2D eigenvalue weighted by Gasteiger charge is -2.12. The smallest absolute Gasteiger partial charge is 0.238 e. The highest BCUT2D eigenvalue weighted by atomic mass is 32.1. The molecule has 4 heterocycles. The summed E-state index contributed by atoms with van der Waals surface area (Å²) in [6.07, 6.45) is 0. The first-order valence-electron chi connectivity index (χ1n) is 19.1. The fourth-order valence-corrected chi connectivity index (χ4v) is 9.64. The first kappa shape index (κ1) is 31.9. The minimum absolute atomic E-state index is 0.578. The SMILES string of the molecule is c1ccc(-c2nc(-c3ccccc3)nc(-n3c4ccccc4c4cc5c6ccccc6n(-c6cccc(-c7ccc8sc9ccccc9c8c7)c6)c5cc43)n2)cc1. The van der Waals surface area contributed by atoms with Crippen LogP contribution in [0, 0.1) is 0 Å². The van der Waals surface area contributed by atoms with Gasteiger partial charge in [-0.3, -0.25) is 4.57 Å². The molecular formula is C51H31N5S. The van der Waals surface area contributed by atoms with Crippen molar-refractivity contribution in [2.75, 3.05) is 0 Å². The van der Waals surface area contributed by atoms with E-state index in [1.807, 2.05) is 47.7 Å². The first-order valence-corrected chi connectivity index (χ1v) is 19.9. The van der Waals surface area contributed by atoms with E-state index in [-0.39, 0.29) is 0 Å². The zero-order chi connectivity index (χ0) is 37.5. The van der Waals surface area contributed by atoms with Gasteiger partial charge in [-0.1, -0.05) is 133 Å². The van der Waals surface area contributed by atoms with Crippen molar-refractivity contribution < 1.29 is 0 Å². The van der Waals surface area contributed by atoms with Gasteiger partial charge >= 0.3 is 0 Å². The van der Waals surface area contributed by atoms with Crippen LogP contribution >= 0.6 is 11.3 Å². The Morgan fingerprint density at radius 1 is 0.316 bits per heavy atom. The second-order valence-electron chi connectivity index (χ2n) is 14.5. The molecule has 0 unspecified atom stereocenters. The minimum atomic E-state index is 0.578. The van der Waals surface area contributed by atoms with Gasteiger partial charge in [-0.2, -0.15) is 9.97 Å². The zero-order valence-electron chi connectivity index (χ0n) is 30.5. The third-order valence-electron chi connectivity index (χ3n) is 11.2. The standard InChI is InChI=1S/C51H31N5S/c1-3-14-32(15-4-1)49-52-50(33-16-5-2-6-17-33)54-51(53-49)56-44-24-11-8-21-38(44)41-30-40-37-20-7-10-23-43(37)55(45(40)31-46(41)56)36-19-13-18-34(28-36)35-26-27-48-42(29-35)39-22-9-12-25-47(39)57-48/h1-31H. The predicted octanol–water partition coefficient (Wildman–Crippen LogP) is 13.4. The Morgan fingerprint density at radius 3 is 1.56 bits per heavy atom. The Labute approximate surface area is 331 Å². The van der Waals surface area contributed by atoms with Crippen LogP contribution in [0.3, 0.4) is 0 Å². The van der Waals surface area contributed by atoms with E-state index < -0.39 is 0 Å². The molecule has 0 N–H and O–H groups in total. The first-order chi connectivity index (χ1) is 28.2. The van der Waals surface area contributed by atoms with Crippen molar-refractivity contribution >= 4 is 75.1 Å². The van der Waals surface area contributed by atoms with Crippen LogP contribution in [-0.2, 0) is 0 Å². The minimum Gasteiger partial charge on any atom is -0.309 e. The molecule has 6 heteroatoms. The van der Waals surface area contributed by atoms with Gasteiger partial charge in [0.2, 0.25) is 5.95 Å². The lowest BCUT2D eigenvalue weighted by molar-refractivity contribution is 0.953. The van der Waals surface area contributed by atoms with Crippen LogP contribution in [0.2, 0.25) is 0 Å². The fourth-order valence-electron chi connectivity index (χ4n) is 8.55. The van der Waals surface area contributed by atoms with Gasteiger partial charge < -0.3 is 4.57 Å². The van der Waals surface area contributed by atoms with Crippen molar-refractivity contribution in [3.8, 4) is 45.5 Å². The summed E-state index contributed by atoms with van der Waals surface area (Å²) in [6, 6.07) is 66.8. The molecular weight excluding hydrogens is 715 g/mol. The van der Waals surface area contributed by atoms with Gasteiger partial charge in [-0.25, -0.2) is 4.98 Å². The molecule has 0 saturated carbocycles. The highest BCUT2D eigenvalue weighted by Gasteiger charge is 2.21. The molecule has 12 rings (SSSR count). The van der Waals surface area contributed by atoms with Gasteiger partial charge in [0, 0.05) is 58.5 Å². The number of rotatable bonds is 5. The van der Waals surface area contributed by atoms with E-state index in [1.165, 1.54) is 42.1 Å². The van der Waals surface area contributed by atoms with Gasteiger partial charge in [0.25, 0.3) is 0 Å². The molecule has 0 saturated heterocycles. The maximum absolute atomic E-state index is 5.19. The number of hydrogen-bond acceptors (Lipinski definition) is 4. The van der Waals surface area contributed by atoms with Crippen molar-refractivity contribution in [3.05, 3.63) is 188 Å². The van der Waals surface area contributed by atoms with Gasteiger partial charge in [0.1, 0.15) is 0 Å². The highest BCUT2D eigenvalue weighted by molar-refractivity contribution is 7.25. The van der Waals surface area contributed by atoms with Crippen LogP contribution in [-0.4, -0.2) is 24.1 Å². The molecule has 0 fully saturated rings. The van der Waals surface area contributed by atoms with Crippen molar-refractivity contribution in [2.45, 2.75) is 0 Å². The van der Waals surface area contributed by atoms with Crippen molar-refractivity contribution in [2.24, 2.45) is 0 Å². The third-order valence-corrected chi connectivity index (χ3v) is 12.3. The van der Waals surface area contributed by atoms with Crippen LogP contribution in [0.1, 0.15) is 0 Å². The summed E-state index contributed by atoms with van der Waals surface area (Å²) in [5.74, 6) is 1.84.